The number of benzene rings is 6. The molecule has 0 amide bonds. The highest BCUT2D eigenvalue weighted by Crippen LogP contribution is 2.50. The third-order valence-electron chi connectivity index (χ3n) is 7.23. The molecule has 0 bridgehead atoms. The second kappa shape index (κ2) is 11.1. The smallest absolute Gasteiger partial charge is 0.172 e. The summed E-state index contributed by atoms with van der Waals surface area (Å²) in [5.74, 6) is 0. The van der Waals surface area contributed by atoms with E-state index in [2.05, 4.69) is 0 Å². The van der Waals surface area contributed by atoms with Crippen molar-refractivity contribution in [2.75, 3.05) is 0 Å². The van der Waals surface area contributed by atoms with E-state index in [1.165, 1.54) is 0 Å². The number of hydrogen-bond donors (Lipinski definition) is 0. The lowest BCUT2D eigenvalue weighted by Gasteiger charge is -2.29. The fraction of sp³-hybridized carbons (Fsp3) is 0. The average Bonchev–Trinajstić information content (AvgIpc) is 3.05. The topological polar surface area (TPSA) is 34.1 Å². The van der Waals surface area contributed by atoms with Gasteiger partial charge in [-0.15, -0.1) is 0 Å². The molecule has 0 aliphatic carbocycles. The van der Waals surface area contributed by atoms with Gasteiger partial charge in [0.2, 0.25) is 0 Å². The van der Waals surface area contributed by atoms with Crippen LogP contribution in [0.2, 0.25) is 0 Å². The Morgan fingerprint density at radius 2 is 0.675 bits per heavy atom. The number of rotatable bonds is 7. The maximum Gasteiger partial charge on any atom is 0.172 e. The lowest BCUT2D eigenvalue weighted by Crippen LogP contribution is -2.39. The Morgan fingerprint density at radius 1 is 0.325 bits per heavy atom. The molecule has 0 heterocycles. The first-order chi connectivity index (χ1) is 19.6. The van der Waals surface area contributed by atoms with E-state index >= 15 is 9.13 Å². The van der Waals surface area contributed by atoms with Crippen LogP contribution in [0.15, 0.2) is 170 Å². The second-order valence-electron chi connectivity index (χ2n) is 9.60. The molecule has 0 aliphatic rings. The van der Waals surface area contributed by atoms with Gasteiger partial charge < -0.3 is 9.13 Å². The predicted octanol–water partition coefficient (Wildman–Crippen LogP) is 6.63. The minimum Gasteiger partial charge on any atom is -0.309 e. The Labute approximate surface area is 235 Å². The van der Waals surface area contributed by atoms with E-state index in [9.17, 15) is 0 Å². The Kier molecular flexibility index (Phi) is 7.23. The summed E-state index contributed by atoms with van der Waals surface area (Å²) in [6, 6.07) is 54.3. The summed E-state index contributed by atoms with van der Waals surface area (Å²) in [4.78, 5) is 0. The van der Waals surface area contributed by atoms with Gasteiger partial charge in [-0.25, -0.2) is 0 Å². The van der Waals surface area contributed by atoms with Crippen LogP contribution >= 0.6 is 14.3 Å². The molecule has 0 radical (unpaired) electrons. The van der Waals surface area contributed by atoms with Crippen molar-refractivity contribution in [3.05, 3.63) is 170 Å². The van der Waals surface area contributed by atoms with Crippen molar-refractivity contribution in [2.24, 2.45) is 0 Å². The Bertz CT molecular complexity index is 1730. The maximum absolute atomic E-state index is 16.0. The summed E-state index contributed by atoms with van der Waals surface area (Å²) in [5, 5.41) is 4.05. The van der Waals surface area contributed by atoms with Crippen LogP contribution in [0.5, 0.6) is 0 Å². The summed E-state index contributed by atoms with van der Waals surface area (Å²) in [6.07, 6.45) is 0. The molecule has 4 heteroatoms. The highest BCUT2D eigenvalue weighted by molar-refractivity contribution is 7.91. The Balaban J connectivity index is 1.81. The third kappa shape index (κ3) is 4.50. The second-order valence-corrected chi connectivity index (χ2v) is 15.0. The average molecular weight is 555 g/mol. The molecular weight excluding hydrogens is 526 g/mol. The monoisotopic (exact) mass is 554 g/mol. The van der Waals surface area contributed by atoms with E-state index in [-0.39, 0.29) is 0 Å². The van der Waals surface area contributed by atoms with Crippen molar-refractivity contribution in [3.8, 4) is 11.1 Å². The lowest BCUT2D eigenvalue weighted by atomic mass is 10.1. The van der Waals surface area contributed by atoms with E-state index < -0.39 is 14.3 Å². The van der Waals surface area contributed by atoms with Gasteiger partial charge in [-0.05, 0) is 11.1 Å². The van der Waals surface area contributed by atoms with E-state index in [1.54, 1.807) is 0 Å². The first-order valence-electron chi connectivity index (χ1n) is 13.3. The van der Waals surface area contributed by atoms with Crippen LogP contribution in [-0.2, 0) is 9.13 Å². The summed E-state index contributed by atoms with van der Waals surface area (Å²) >= 11 is 0. The van der Waals surface area contributed by atoms with Gasteiger partial charge in [0.1, 0.15) is 0 Å². The van der Waals surface area contributed by atoms with Crippen LogP contribution < -0.4 is 31.8 Å². The highest BCUT2D eigenvalue weighted by atomic mass is 31.2. The molecule has 0 aliphatic heterocycles. The zero-order valence-corrected chi connectivity index (χ0v) is 23.7. The van der Waals surface area contributed by atoms with Gasteiger partial charge in [-0.1, -0.05) is 170 Å². The zero-order valence-electron chi connectivity index (χ0n) is 21.9. The molecule has 0 unspecified atom stereocenters. The first kappa shape index (κ1) is 26.0. The minimum absolute atomic E-state index is 0.599. The molecule has 0 atom stereocenters. The lowest BCUT2D eigenvalue weighted by molar-refractivity contribution is 0.590. The molecule has 2 nitrogen and oxygen atoms in total. The van der Waals surface area contributed by atoms with E-state index in [0.29, 0.717) is 31.8 Å². The molecule has 194 valence electrons. The molecule has 6 aromatic carbocycles. The van der Waals surface area contributed by atoms with Crippen molar-refractivity contribution in [3.63, 3.8) is 0 Å². The molecular formula is C36H28O2P2. The fourth-order valence-electron chi connectivity index (χ4n) is 5.35. The van der Waals surface area contributed by atoms with Gasteiger partial charge >= 0.3 is 0 Å². The van der Waals surface area contributed by atoms with Gasteiger partial charge in [0, 0.05) is 31.8 Å². The molecule has 6 aromatic rings. The SMILES string of the molecule is O=P(c1ccccc1)(c1ccccc1)c1cccc(-c2ccccc2)c1P(=O)(c1ccccc1)c1ccccc1. The van der Waals surface area contributed by atoms with E-state index in [0.717, 1.165) is 11.1 Å². The molecule has 6 rings (SSSR count). The van der Waals surface area contributed by atoms with Crippen LogP contribution in [-0.4, -0.2) is 0 Å². The summed E-state index contributed by atoms with van der Waals surface area (Å²) < 4.78 is 31.8. The van der Waals surface area contributed by atoms with Gasteiger partial charge in [0.05, 0.1) is 0 Å². The molecule has 0 aromatic heterocycles. The van der Waals surface area contributed by atoms with Crippen molar-refractivity contribution in [2.45, 2.75) is 0 Å². The van der Waals surface area contributed by atoms with Crippen LogP contribution in [0, 0.1) is 0 Å². The van der Waals surface area contributed by atoms with Crippen LogP contribution in [0.3, 0.4) is 0 Å². The molecule has 0 spiro atoms. The molecule has 40 heavy (non-hydrogen) atoms. The standard InChI is InChI=1S/C36H28O2P2/c37-39(30-19-8-2-9-20-30,31-21-10-3-11-22-31)35-28-16-27-34(29-17-6-1-7-18-29)36(35)40(38,32-23-12-4-13-24-32)33-25-14-5-15-26-33/h1-28H. The normalized spacial score (nSPS) is 11.7. The minimum atomic E-state index is -3.53. The Morgan fingerprint density at radius 3 is 1.07 bits per heavy atom. The third-order valence-corrected chi connectivity index (χ3v) is 13.7. The fourth-order valence-corrected chi connectivity index (χ4v) is 11.9. The van der Waals surface area contributed by atoms with Crippen molar-refractivity contribution in [1.82, 2.24) is 0 Å². The van der Waals surface area contributed by atoms with Crippen LogP contribution in [0.4, 0.5) is 0 Å². The molecule has 0 fully saturated rings. The first-order valence-corrected chi connectivity index (χ1v) is 16.7. The van der Waals surface area contributed by atoms with Gasteiger partial charge in [-0.3, -0.25) is 0 Å². The van der Waals surface area contributed by atoms with Gasteiger partial charge in [0.15, 0.2) is 14.3 Å². The molecule has 0 N–H and O–H groups in total. The largest absolute Gasteiger partial charge is 0.309 e. The summed E-state index contributed by atoms with van der Waals surface area (Å²) in [6.45, 7) is 0. The van der Waals surface area contributed by atoms with Crippen molar-refractivity contribution < 1.29 is 9.13 Å². The quantitative estimate of drug-likeness (QED) is 0.208. The summed E-state index contributed by atoms with van der Waals surface area (Å²) in [5.41, 5.74) is 1.75. The zero-order chi connectivity index (χ0) is 27.4. The predicted molar refractivity (Wildman–Crippen MR) is 171 cm³/mol. The maximum atomic E-state index is 16.0. The van der Waals surface area contributed by atoms with Crippen molar-refractivity contribution >= 4 is 46.1 Å². The van der Waals surface area contributed by atoms with Gasteiger partial charge in [-0.2, -0.15) is 0 Å². The van der Waals surface area contributed by atoms with E-state index in [4.69, 9.17) is 0 Å². The highest BCUT2D eigenvalue weighted by Gasteiger charge is 2.41. The molecule has 0 saturated carbocycles. The van der Waals surface area contributed by atoms with Crippen LogP contribution in [0.25, 0.3) is 11.1 Å². The van der Waals surface area contributed by atoms with Crippen LogP contribution in [0.1, 0.15) is 0 Å². The Hall–Kier alpha value is -4.22. The number of hydrogen-bond acceptors (Lipinski definition) is 2. The van der Waals surface area contributed by atoms with Gasteiger partial charge in [0.25, 0.3) is 0 Å². The molecule has 0 saturated heterocycles. The summed E-state index contributed by atoms with van der Waals surface area (Å²) in [7, 11) is -7.00. The van der Waals surface area contributed by atoms with E-state index in [1.807, 2.05) is 170 Å². The van der Waals surface area contributed by atoms with Crippen molar-refractivity contribution in [1.29, 1.82) is 0 Å².